The van der Waals surface area contributed by atoms with Crippen molar-refractivity contribution in [1.82, 2.24) is 0 Å². The smallest absolute Gasteiger partial charge is 0.343 e. The molecule has 0 saturated carbocycles. The normalized spacial score (nSPS) is 16.2. The third-order valence-corrected chi connectivity index (χ3v) is 3.42. The lowest BCUT2D eigenvalue weighted by Crippen LogP contribution is -2.11. The second kappa shape index (κ2) is 4.01. The monoisotopic (exact) mass is 284 g/mol. The minimum Gasteiger partial charge on any atom is -0.465 e. The van der Waals surface area contributed by atoms with Crippen molar-refractivity contribution >= 4 is 41.8 Å². The molecule has 0 atom stereocenters. The van der Waals surface area contributed by atoms with Crippen LogP contribution in [0.4, 0.5) is 0 Å². The van der Waals surface area contributed by atoms with Crippen LogP contribution in [0.25, 0.3) is 0 Å². The van der Waals surface area contributed by atoms with Crippen LogP contribution in [-0.4, -0.2) is 16.6 Å². The predicted molar refractivity (Wildman–Crippen MR) is 54.1 cm³/mol. The molecule has 1 aliphatic heterocycles. The summed E-state index contributed by atoms with van der Waals surface area (Å²) in [7, 11) is 1.37. The summed E-state index contributed by atoms with van der Waals surface area (Å²) in [6.45, 7) is 0. The molecule has 2 nitrogen and oxygen atoms in total. The third-order valence-electron chi connectivity index (χ3n) is 1.05. The molecule has 0 aromatic carbocycles. The Labute approximate surface area is 79.6 Å². The molecule has 1 rings (SSSR count). The molecule has 4 heteroatoms. The number of carbonyl (C=O) groups is 1. The van der Waals surface area contributed by atoms with Crippen LogP contribution in [-0.2, 0) is 9.53 Å². The first kappa shape index (κ1) is 8.93. The maximum atomic E-state index is 10.9. The van der Waals surface area contributed by atoms with Crippen LogP contribution in [0.2, 0.25) is 0 Å². The predicted octanol–water partition coefficient (Wildman–Crippen LogP) is 1.95. The van der Waals surface area contributed by atoms with E-state index in [9.17, 15) is 4.79 Å². The van der Waals surface area contributed by atoms with Gasteiger partial charge in [-0.3, -0.25) is 0 Å². The van der Waals surface area contributed by atoms with E-state index in [-0.39, 0.29) is 26.7 Å². The lowest BCUT2D eigenvalue weighted by molar-refractivity contribution is -0.132. The summed E-state index contributed by atoms with van der Waals surface area (Å²) in [6, 6.07) is 0. The number of carbonyl (C=O) groups excluding carboxylic acids is 1. The lowest BCUT2D eigenvalue weighted by atomic mass is 10.4. The molecule has 0 unspecified atom stereocenters. The third kappa shape index (κ3) is 2.41. The highest BCUT2D eigenvalue weighted by Gasteiger charge is 2.08. The van der Waals surface area contributed by atoms with Crippen LogP contribution in [0.1, 0.15) is 0 Å². The molecule has 0 spiro atoms. The van der Waals surface area contributed by atoms with Crippen LogP contribution in [0, 0.1) is 0 Å². The standard InChI is InChI=1S/C7H6ClIO2/c1-11-7(10)6-4-5(8)2-3-9-6/h2-4H,1H3. The van der Waals surface area contributed by atoms with E-state index in [4.69, 9.17) is 11.6 Å². The van der Waals surface area contributed by atoms with E-state index in [0.29, 0.717) is 8.54 Å². The maximum absolute atomic E-state index is 10.9. The Morgan fingerprint density at radius 1 is 1.73 bits per heavy atom. The van der Waals surface area contributed by atoms with E-state index < -0.39 is 0 Å². The Hall–Kier alpha value is -0.160. The Morgan fingerprint density at radius 2 is 2.45 bits per heavy atom. The molecule has 11 heavy (non-hydrogen) atoms. The topological polar surface area (TPSA) is 26.3 Å². The van der Waals surface area contributed by atoms with Gasteiger partial charge in [-0.05, 0) is 16.2 Å². The Kier molecular flexibility index (Phi) is 3.26. The van der Waals surface area contributed by atoms with Gasteiger partial charge in [0.15, 0.2) is 0 Å². The van der Waals surface area contributed by atoms with Gasteiger partial charge in [-0.25, -0.2) is 4.79 Å². The lowest BCUT2D eigenvalue weighted by Gasteiger charge is -2.00. The van der Waals surface area contributed by atoms with Crippen molar-refractivity contribution in [2.45, 2.75) is 0 Å². The Bertz CT molecular complexity index is 266. The number of rotatable bonds is 1. The zero-order valence-corrected chi connectivity index (χ0v) is 8.72. The first-order chi connectivity index (χ1) is 5.24. The van der Waals surface area contributed by atoms with Gasteiger partial charge in [0.05, 0.1) is 10.6 Å². The highest BCUT2D eigenvalue weighted by Crippen LogP contribution is 2.17. The van der Waals surface area contributed by atoms with Gasteiger partial charge < -0.3 is 4.74 Å². The van der Waals surface area contributed by atoms with Gasteiger partial charge in [0, 0.05) is 5.03 Å². The van der Waals surface area contributed by atoms with Crippen molar-refractivity contribution in [2.75, 3.05) is 7.11 Å². The molecule has 0 aromatic heterocycles. The second-order valence-electron chi connectivity index (χ2n) is 1.77. The first-order valence-corrected chi connectivity index (χ1v) is 5.56. The minimum absolute atomic E-state index is 0.264. The molecule has 0 fully saturated rings. The van der Waals surface area contributed by atoms with Crippen molar-refractivity contribution in [3.8, 4) is 0 Å². The number of ether oxygens (including phenoxy) is 1. The number of halogens is 2. The first-order valence-electron chi connectivity index (χ1n) is 2.86. The molecule has 0 aromatic rings. The molecule has 0 aliphatic carbocycles. The fourth-order valence-electron chi connectivity index (χ4n) is 0.561. The van der Waals surface area contributed by atoms with Crippen molar-refractivity contribution < 1.29 is 9.53 Å². The zero-order valence-electron chi connectivity index (χ0n) is 5.80. The molecule has 1 aliphatic rings. The van der Waals surface area contributed by atoms with E-state index in [0.717, 1.165) is 0 Å². The van der Waals surface area contributed by atoms with Gasteiger partial charge in [0.25, 0.3) is 0 Å². The number of esters is 1. The molecule has 1 heterocycles. The van der Waals surface area contributed by atoms with Crippen LogP contribution in [0.5, 0.6) is 0 Å². The molecule has 0 saturated heterocycles. The van der Waals surface area contributed by atoms with Gasteiger partial charge in [0.1, 0.15) is 0 Å². The number of methoxy groups -OCH3 is 1. The fourth-order valence-corrected chi connectivity index (χ4v) is 3.07. The summed E-state index contributed by atoms with van der Waals surface area (Å²) >= 11 is 5.35. The van der Waals surface area contributed by atoms with E-state index in [1.807, 2.05) is 4.08 Å². The quantitative estimate of drug-likeness (QED) is 0.543. The number of allylic oxidation sites excluding steroid dienone is 2. The largest absolute Gasteiger partial charge is 0.465 e. The van der Waals surface area contributed by atoms with Gasteiger partial charge in [0.2, 0.25) is 0 Å². The van der Waals surface area contributed by atoms with Crippen LogP contribution in [0.15, 0.2) is 21.3 Å². The highest BCUT2D eigenvalue weighted by molar-refractivity contribution is 14.2. The van der Waals surface area contributed by atoms with Gasteiger partial charge in [-0.1, -0.05) is 32.3 Å². The Balaban J connectivity index is 2.84. The van der Waals surface area contributed by atoms with Crippen molar-refractivity contribution in [3.05, 3.63) is 21.3 Å². The minimum atomic E-state index is -0.324. The molecule has 0 radical (unpaired) electrons. The maximum Gasteiger partial charge on any atom is 0.343 e. The van der Waals surface area contributed by atoms with E-state index in [2.05, 4.69) is 4.74 Å². The summed E-state index contributed by atoms with van der Waals surface area (Å²) in [4.78, 5) is 10.9. The fraction of sp³-hybridized carbons (Fsp3) is 0.143. The zero-order chi connectivity index (χ0) is 8.27. The second-order valence-corrected chi connectivity index (χ2v) is 4.71. The van der Waals surface area contributed by atoms with Crippen LogP contribution in [0.3, 0.4) is 0 Å². The molecule has 0 amide bonds. The van der Waals surface area contributed by atoms with E-state index >= 15 is 0 Å². The van der Waals surface area contributed by atoms with Crippen LogP contribution < -0.4 is 0 Å². The van der Waals surface area contributed by atoms with Crippen molar-refractivity contribution in [3.63, 3.8) is 0 Å². The summed E-state index contributed by atoms with van der Waals surface area (Å²) in [5.41, 5.74) is 0. The van der Waals surface area contributed by atoms with Gasteiger partial charge in [-0.2, -0.15) is 0 Å². The van der Waals surface area contributed by atoms with Gasteiger partial charge in [-0.15, -0.1) is 0 Å². The van der Waals surface area contributed by atoms with E-state index in [1.165, 1.54) is 7.11 Å². The molecular weight excluding hydrogens is 278 g/mol. The van der Waals surface area contributed by atoms with Crippen molar-refractivity contribution in [1.29, 1.82) is 0 Å². The summed E-state index contributed by atoms with van der Waals surface area (Å²) in [5.74, 6) is -0.264. The van der Waals surface area contributed by atoms with Crippen molar-refractivity contribution in [2.24, 2.45) is 0 Å². The number of hydrogen-bond donors (Lipinski definition) is 0. The van der Waals surface area contributed by atoms with Gasteiger partial charge >= 0.3 is 5.97 Å². The Morgan fingerprint density at radius 3 is 3.00 bits per heavy atom. The number of hydrogen-bond acceptors (Lipinski definition) is 2. The molecule has 0 N–H and O–H groups in total. The SMILES string of the molecule is COC(=O)C1=IC=CC(Cl)=C1. The van der Waals surface area contributed by atoms with E-state index in [1.54, 1.807) is 12.2 Å². The van der Waals surface area contributed by atoms with Crippen LogP contribution >= 0.6 is 32.3 Å². The molecule has 0 bridgehead atoms. The average Bonchev–Trinajstić information content (AvgIpc) is 2.03. The average molecular weight is 284 g/mol. The summed E-state index contributed by atoms with van der Waals surface area (Å²) in [5, 5.41) is 0.594. The highest BCUT2D eigenvalue weighted by atomic mass is 127. The molecule has 60 valence electrons. The summed E-state index contributed by atoms with van der Waals surface area (Å²) in [6.07, 6.45) is 3.47. The summed E-state index contributed by atoms with van der Waals surface area (Å²) < 4.78 is 7.20. The molecular formula is C7H6ClIO2.